The number of piperidine rings is 1. The topological polar surface area (TPSA) is 58.1 Å². The van der Waals surface area contributed by atoms with Gasteiger partial charge in [0, 0.05) is 30.8 Å². The summed E-state index contributed by atoms with van der Waals surface area (Å²) >= 11 is 0. The van der Waals surface area contributed by atoms with E-state index in [4.69, 9.17) is 0 Å². The Morgan fingerprint density at radius 1 is 1.03 bits per heavy atom. The van der Waals surface area contributed by atoms with Gasteiger partial charge in [0.05, 0.1) is 5.69 Å². The molecule has 5 nitrogen and oxygen atoms in total. The average Bonchev–Trinajstić information content (AvgIpc) is 2.83. The zero-order valence-corrected chi connectivity index (χ0v) is 17.7. The fraction of sp³-hybridized carbons (Fsp3) is 0.320. The van der Waals surface area contributed by atoms with Gasteiger partial charge in [-0.1, -0.05) is 31.2 Å². The minimum absolute atomic E-state index is 0.0857. The predicted molar refractivity (Wildman–Crippen MR) is 121 cm³/mol. The second kappa shape index (κ2) is 9.69. The van der Waals surface area contributed by atoms with Gasteiger partial charge in [-0.2, -0.15) is 0 Å². The predicted octanol–water partition coefficient (Wildman–Crippen LogP) is 5.12. The van der Waals surface area contributed by atoms with Gasteiger partial charge in [-0.25, -0.2) is 4.39 Å². The monoisotopic (exact) mass is 418 g/mol. The molecule has 1 aromatic heterocycles. The van der Waals surface area contributed by atoms with Crippen molar-refractivity contribution in [3.63, 3.8) is 0 Å². The van der Waals surface area contributed by atoms with Gasteiger partial charge in [0.2, 0.25) is 0 Å². The molecule has 0 saturated carbocycles. The van der Waals surface area contributed by atoms with Crippen molar-refractivity contribution in [2.75, 3.05) is 25.0 Å². The minimum atomic E-state index is -0.230. The third kappa shape index (κ3) is 5.26. The van der Waals surface area contributed by atoms with E-state index in [1.54, 1.807) is 12.1 Å². The fourth-order valence-electron chi connectivity index (χ4n) is 3.84. The van der Waals surface area contributed by atoms with Crippen LogP contribution in [-0.4, -0.2) is 40.6 Å². The number of amides is 1. The lowest BCUT2D eigenvalue weighted by molar-refractivity contribution is 0.0724. The van der Waals surface area contributed by atoms with Crippen LogP contribution < -0.4 is 5.32 Å². The van der Waals surface area contributed by atoms with E-state index in [1.165, 1.54) is 18.6 Å². The zero-order chi connectivity index (χ0) is 21.6. The van der Waals surface area contributed by atoms with Gasteiger partial charge in [-0.3, -0.25) is 4.79 Å². The number of nitrogens with zero attached hydrogens (tertiary/aromatic N) is 3. The van der Waals surface area contributed by atoms with E-state index in [0.717, 1.165) is 42.8 Å². The summed E-state index contributed by atoms with van der Waals surface area (Å²) in [5.41, 5.74) is 3.36. The molecule has 1 aliphatic rings. The number of carbonyl (C=O) groups excluding carboxylic acids is 1. The molecule has 4 rings (SSSR count). The molecule has 2 aromatic carbocycles. The average molecular weight is 419 g/mol. The van der Waals surface area contributed by atoms with Crippen LogP contribution in [0.15, 0.2) is 60.7 Å². The maximum absolute atomic E-state index is 13.1. The zero-order valence-electron chi connectivity index (χ0n) is 17.7. The number of hydrogen-bond donors (Lipinski definition) is 1. The van der Waals surface area contributed by atoms with E-state index in [1.807, 2.05) is 41.3 Å². The fourth-order valence-corrected chi connectivity index (χ4v) is 3.84. The summed E-state index contributed by atoms with van der Waals surface area (Å²) in [6.45, 7) is 4.41. The number of aromatic nitrogens is 2. The van der Waals surface area contributed by atoms with Gasteiger partial charge in [0.25, 0.3) is 5.91 Å². The number of hydrogen-bond acceptors (Lipinski definition) is 4. The lowest BCUT2D eigenvalue weighted by atomic mass is 10.0. The Hall–Kier alpha value is -3.28. The first-order valence-corrected chi connectivity index (χ1v) is 10.8. The van der Waals surface area contributed by atoms with Crippen LogP contribution in [0.2, 0.25) is 0 Å². The second-order valence-corrected chi connectivity index (χ2v) is 8.07. The Morgan fingerprint density at radius 3 is 2.52 bits per heavy atom. The molecular formula is C25H27FN4O. The third-order valence-corrected chi connectivity index (χ3v) is 5.74. The van der Waals surface area contributed by atoms with E-state index in [0.29, 0.717) is 17.9 Å². The van der Waals surface area contributed by atoms with Crippen molar-refractivity contribution in [2.24, 2.45) is 0 Å². The quantitative estimate of drug-likeness (QED) is 0.603. The lowest BCUT2D eigenvalue weighted by Gasteiger charge is -2.26. The molecule has 1 unspecified atom stereocenters. The molecule has 1 aliphatic heterocycles. The summed E-state index contributed by atoms with van der Waals surface area (Å²) in [7, 11) is 0. The molecule has 2 heterocycles. The number of nitrogens with one attached hydrogen (secondary N) is 1. The van der Waals surface area contributed by atoms with E-state index >= 15 is 0 Å². The van der Waals surface area contributed by atoms with Gasteiger partial charge in [0.15, 0.2) is 0 Å². The second-order valence-electron chi connectivity index (χ2n) is 8.07. The van der Waals surface area contributed by atoms with Crippen molar-refractivity contribution in [3.8, 4) is 11.3 Å². The summed E-state index contributed by atoms with van der Waals surface area (Å²) in [5, 5.41) is 11.9. The highest BCUT2D eigenvalue weighted by molar-refractivity contribution is 5.95. The Kier molecular flexibility index (Phi) is 6.55. The smallest absolute Gasteiger partial charge is 0.253 e. The molecule has 1 saturated heterocycles. The third-order valence-electron chi connectivity index (χ3n) is 5.74. The Morgan fingerprint density at radius 2 is 1.81 bits per heavy atom. The molecular weight excluding hydrogens is 391 g/mol. The molecule has 1 fully saturated rings. The number of anilines is 1. The normalized spacial score (nSPS) is 14.8. The number of carbonyl (C=O) groups is 1. The van der Waals surface area contributed by atoms with Crippen molar-refractivity contribution >= 4 is 11.7 Å². The highest BCUT2D eigenvalue weighted by Gasteiger charge is 2.18. The molecule has 1 atom stereocenters. The number of rotatable bonds is 6. The minimum Gasteiger partial charge on any atom is -0.368 e. The molecule has 0 radical (unpaired) electrons. The molecule has 31 heavy (non-hydrogen) atoms. The maximum atomic E-state index is 13.1. The van der Waals surface area contributed by atoms with Crippen LogP contribution in [0.3, 0.4) is 0 Å². The first-order chi connectivity index (χ1) is 15.1. The summed E-state index contributed by atoms with van der Waals surface area (Å²) in [4.78, 5) is 14.7. The molecule has 160 valence electrons. The number of benzene rings is 2. The first-order valence-electron chi connectivity index (χ1n) is 10.8. The van der Waals surface area contributed by atoms with E-state index in [-0.39, 0.29) is 17.6 Å². The van der Waals surface area contributed by atoms with E-state index < -0.39 is 0 Å². The van der Waals surface area contributed by atoms with Crippen LogP contribution in [0.4, 0.5) is 10.2 Å². The Bertz CT molecular complexity index is 1010. The van der Waals surface area contributed by atoms with Crippen LogP contribution in [0.1, 0.15) is 48.0 Å². The van der Waals surface area contributed by atoms with Crippen molar-refractivity contribution in [3.05, 3.63) is 77.6 Å². The van der Waals surface area contributed by atoms with Crippen LogP contribution in [0, 0.1) is 5.82 Å². The van der Waals surface area contributed by atoms with E-state index in [2.05, 4.69) is 22.4 Å². The van der Waals surface area contributed by atoms with Gasteiger partial charge in [0.1, 0.15) is 11.6 Å². The van der Waals surface area contributed by atoms with Gasteiger partial charge < -0.3 is 10.2 Å². The van der Waals surface area contributed by atoms with Gasteiger partial charge in [-0.15, -0.1) is 10.2 Å². The van der Waals surface area contributed by atoms with Crippen LogP contribution in [0.5, 0.6) is 0 Å². The van der Waals surface area contributed by atoms with Gasteiger partial charge >= 0.3 is 0 Å². The van der Waals surface area contributed by atoms with Crippen molar-refractivity contribution < 1.29 is 9.18 Å². The van der Waals surface area contributed by atoms with Crippen molar-refractivity contribution in [1.29, 1.82) is 0 Å². The van der Waals surface area contributed by atoms with E-state index in [9.17, 15) is 9.18 Å². The molecule has 3 aromatic rings. The highest BCUT2D eigenvalue weighted by atomic mass is 19.1. The molecule has 0 bridgehead atoms. The molecule has 0 spiro atoms. The van der Waals surface area contributed by atoms with Crippen molar-refractivity contribution in [1.82, 2.24) is 15.1 Å². The Balaban J connectivity index is 1.39. The standard InChI is InChI=1S/C25H27FN4O/c1-18(19-8-10-22(26)11-9-19)17-27-24-13-12-23(28-29-24)20-6-5-7-21(16-20)25(31)30-14-3-2-4-15-30/h5-13,16,18H,2-4,14-15,17H2,1H3,(H,27,29). The Labute approximate surface area is 182 Å². The molecule has 1 N–H and O–H groups in total. The summed E-state index contributed by atoms with van der Waals surface area (Å²) in [5.74, 6) is 0.743. The maximum Gasteiger partial charge on any atom is 0.253 e. The van der Waals surface area contributed by atoms with Crippen LogP contribution >= 0.6 is 0 Å². The van der Waals surface area contributed by atoms with Crippen LogP contribution in [0.25, 0.3) is 11.3 Å². The van der Waals surface area contributed by atoms with Crippen LogP contribution in [-0.2, 0) is 0 Å². The molecule has 6 heteroatoms. The molecule has 1 amide bonds. The largest absolute Gasteiger partial charge is 0.368 e. The number of halogens is 1. The van der Waals surface area contributed by atoms with Crippen molar-refractivity contribution in [2.45, 2.75) is 32.1 Å². The SMILES string of the molecule is CC(CNc1ccc(-c2cccc(C(=O)N3CCCCC3)c2)nn1)c1ccc(F)cc1. The first kappa shape index (κ1) is 21.0. The van der Waals surface area contributed by atoms with Gasteiger partial charge in [-0.05, 0) is 67.1 Å². The summed E-state index contributed by atoms with van der Waals surface area (Å²) in [6, 6.07) is 17.9. The lowest BCUT2D eigenvalue weighted by Crippen LogP contribution is -2.35. The summed E-state index contributed by atoms with van der Waals surface area (Å²) in [6.07, 6.45) is 3.35. The summed E-state index contributed by atoms with van der Waals surface area (Å²) < 4.78 is 13.1. The molecule has 0 aliphatic carbocycles. The highest BCUT2D eigenvalue weighted by Crippen LogP contribution is 2.21. The number of likely N-dealkylation sites (tertiary alicyclic amines) is 1.